The molecule has 1 aromatic heterocycles. The Morgan fingerprint density at radius 1 is 1.04 bits per heavy atom. The van der Waals surface area contributed by atoms with Crippen molar-refractivity contribution < 1.29 is 24.4 Å². The van der Waals surface area contributed by atoms with Gasteiger partial charge in [-0.2, -0.15) is 0 Å². The van der Waals surface area contributed by atoms with Crippen molar-refractivity contribution >= 4 is 17.5 Å². The summed E-state index contributed by atoms with van der Waals surface area (Å²) in [4.78, 5) is 36.9. The van der Waals surface area contributed by atoms with Crippen LogP contribution in [0.5, 0.6) is 0 Å². The number of hydrogen-bond acceptors (Lipinski definition) is 5. The van der Waals surface area contributed by atoms with Crippen LogP contribution >= 0.6 is 0 Å². The molecule has 27 heavy (non-hydrogen) atoms. The molecular weight excluding hydrogens is 350 g/mol. The van der Waals surface area contributed by atoms with E-state index in [4.69, 9.17) is 0 Å². The molecule has 0 aliphatic heterocycles. The highest BCUT2D eigenvalue weighted by Gasteiger charge is 2.39. The van der Waals surface area contributed by atoms with Crippen LogP contribution in [0.4, 0.5) is 0 Å². The summed E-state index contributed by atoms with van der Waals surface area (Å²) in [7, 11) is 0. The summed E-state index contributed by atoms with van der Waals surface area (Å²) in [5, 5.41) is 25.2. The van der Waals surface area contributed by atoms with E-state index in [0.29, 0.717) is 5.56 Å². The lowest BCUT2D eigenvalue weighted by Crippen LogP contribution is -2.41. The number of carboxylic acid groups (broad SMARTS) is 1. The molecule has 8 nitrogen and oxygen atoms in total. The average Bonchev–Trinajstić information content (AvgIpc) is 3.01. The predicted octanol–water partition coefficient (Wildman–Crippen LogP) is 1.23. The fraction of sp³-hybridized carbons (Fsp3) is 0.105. The molecule has 3 aromatic rings. The van der Waals surface area contributed by atoms with Crippen molar-refractivity contribution in [2.75, 3.05) is 0 Å². The van der Waals surface area contributed by atoms with Crippen molar-refractivity contribution in [3.05, 3.63) is 87.4 Å². The van der Waals surface area contributed by atoms with Crippen LogP contribution in [-0.2, 0) is 13.0 Å². The number of aromatic carboxylic acids is 1. The zero-order valence-electron chi connectivity index (χ0n) is 14.0. The maximum atomic E-state index is 12.8. The molecular formula is C19H13N3O5. The Labute approximate surface area is 152 Å². The van der Waals surface area contributed by atoms with E-state index in [1.807, 2.05) is 0 Å². The van der Waals surface area contributed by atoms with Crippen LogP contribution in [0.15, 0.2) is 48.5 Å². The Morgan fingerprint density at radius 3 is 2.37 bits per heavy atom. The van der Waals surface area contributed by atoms with Crippen molar-refractivity contribution in [3.8, 4) is 0 Å². The predicted molar refractivity (Wildman–Crippen MR) is 91.6 cm³/mol. The van der Waals surface area contributed by atoms with Gasteiger partial charge in [0.05, 0.1) is 12.1 Å². The summed E-state index contributed by atoms with van der Waals surface area (Å²) < 4.78 is 1.07. The van der Waals surface area contributed by atoms with Gasteiger partial charge in [-0.1, -0.05) is 42.5 Å². The second-order valence-corrected chi connectivity index (χ2v) is 6.09. The third kappa shape index (κ3) is 2.58. The first-order valence-corrected chi connectivity index (χ1v) is 8.19. The van der Waals surface area contributed by atoms with Crippen LogP contribution in [0.1, 0.15) is 48.0 Å². The maximum Gasteiger partial charge on any atom is 0.335 e. The van der Waals surface area contributed by atoms with Gasteiger partial charge in [0, 0.05) is 21.2 Å². The topological polar surface area (TPSA) is 116 Å². The first-order valence-electron chi connectivity index (χ1n) is 8.19. The van der Waals surface area contributed by atoms with Crippen LogP contribution in [-0.4, -0.2) is 32.4 Å². The number of aromatic nitrogens is 3. The standard InChI is InChI=1S/C19H13N3O5/c23-17-13-7-3-4-8-14(13)18(24)16-15(17)20-22(27)21(16)10-9-11-5-1-2-6-12(11)19(25)26/h1-8H,9-10H2,(H,25,26). The molecule has 1 heterocycles. The van der Waals surface area contributed by atoms with Crippen LogP contribution < -0.4 is 4.96 Å². The normalized spacial score (nSPS) is 12.6. The molecule has 2 aromatic carbocycles. The fourth-order valence-corrected chi connectivity index (χ4v) is 3.28. The van der Waals surface area contributed by atoms with E-state index < -0.39 is 17.5 Å². The summed E-state index contributed by atoms with van der Waals surface area (Å²) >= 11 is 0. The van der Waals surface area contributed by atoms with Crippen molar-refractivity contribution in [3.63, 3.8) is 0 Å². The van der Waals surface area contributed by atoms with Crippen LogP contribution in [0.25, 0.3) is 0 Å². The van der Waals surface area contributed by atoms with E-state index in [2.05, 4.69) is 5.10 Å². The molecule has 134 valence electrons. The van der Waals surface area contributed by atoms with Crippen LogP contribution in [0.3, 0.4) is 0 Å². The monoisotopic (exact) mass is 363 g/mol. The first kappa shape index (κ1) is 16.6. The molecule has 0 unspecified atom stereocenters. The smallest absolute Gasteiger partial charge is 0.335 e. The molecule has 0 spiro atoms. The zero-order valence-corrected chi connectivity index (χ0v) is 14.0. The number of carbonyl (C=O) groups is 3. The summed E-state index contributed by atoms with van der Waals surface area (Å²) in [6, 6.07) is 12.8. The Bertz CT molecular complexity index is 1120. The van der Waals surface area contributed by atoms with Gasteiger partial charge in [0.1, 0.15) is 0 Å². The van der Waals surface area contributed by atoms with Crippen molar-refractivity contribution in [2.45, 2.75) is 13.0 Å². The number of ketones is 2. The second-order valence-electron chi connectivity index (χ2n) is 6.09. The highest BCUT2D eigenvalue weighted by Crippen LogP contribution is 2.25. The van der Waals surface area contributed by atoms with E-state index in [1.54, 1.807) is 30.3 Å². The lowest BCUT2D eigenvalue weighted by atomic mass is 9.90. The quantitative estimate of drug-likeness (QED) is 0.431. The van der Waals surface area contributed by atoms with Crippen molar-refractivity contribution in [2.24, 2.45) is 0 Å². The Balaban J connectivity index is 1.73. The van der Waals surface area contributed by atoms with Gasteiger partial charge >= 0.3 is 5.97 Å². The van der Waals surface area contributed by atoms with Gasteiger partial charge < -0.3 is 10.3 Å². The highest BCUT2D eigenvalue weighted by atomic mass is 16.5. The Hall–Kier alpha value is -3.81. The van der Waals surface area contributed by atoms with Crippen molar-refractivity contribution in [1.82, 2.24) is 9.78 Å². The number of nitrogens with zero attached hydrogens (tertiary/aromatic N) is 3. The lowest BCUT2D eigenvalue weighted by Gasteiger charge is -2.12. The maximum absolute atomic E-state index is 12.8. The molecule has 0 amide bonds. The molecule has 1 aliphatic carbocycles. The largest absolute Gasteiger partial charge is 0.571 e. The number of hydrogen-bond donors (Lipinski definition) is 1. The molecule has 0 atom stereocenters. The molecule has 1 N–H and O–H groups in total. The summed E-state index contributed by atoms with van der Waals surface area (Å²) in [5.74, 6) is -2.00. The molecule has 0 radical (unpaired) electrons. The Morgan fingerprint density at radius 2 is 1.67 bits per heavy atom. The zero-order chi connectivity index (χ0) is 19.1. The van der Waals surface area contributed by atoms with E-state index >= 15 is 0 Å². The number of carbonyl (C=O) groups excluding carboxylic acids is 2. The molecule has 4 rings (SSSR count). The summed E-state index contributed by atoms with van der Waals surface area (Å²) in [5.41, 5.74) is 0.833. The number of fused-ring (bicyclic) bond motifs is 2. The molecule has 0 bridgehead atoms. The highest BCUT2D eigenvalue weighted by molar-refractivity contribution is 6.26. The van der Waals surface area contributed by atoms with Crippen LogP contribution in [0, 0.1) is 5.21 Å². The summed E-state index contributed by atoms with van der Waals surface area (Å²) in [6.45, 7) is 0.0112. The molecule has 1 aliphatic rings. The first-order chi connectivity index (χ1) is 13.0. The Kier molecular flexibility index (Phi) is 3.80. The van der Waals surface area contributed by atoms with Crippen molar-refractivity contribution in [1.29, 1.82) is 0 Å². The van der Waals surface area contributed by atoms with Gasteiger partial charge in [0.2, 0.25) is 17.3 Å². The molecule has 0 fully saturated rings. The molecule has 0 saturated heterocycles. The average molecular weight is 363 g/mol. The van der Waals surface area contributed by atoms with Gasteiger partial charge in [-0.05, 0) is 18.1 Å². The minimum absolute atomic E-state index is 0.0112. The summed E-state index contributed by atoms with van der Waals surface area (Å²) in [6.07, 6.45) is 0.191. The fourth-order valence-electron chi connectivity index (χ4n) is 3.28. The van der Waals surface area contributed by atoms with Gasteiger partial charge in [0.25, 0.3) is 0 Å². The second kappa shape index (κ2) is 6.17. The number of rotatable bonds is 4. The van der Waals surface area contributed by atoms with E-state index in [1.165, 1.54) is 18.2 Å². The number of carboxylic acids is 1. The SMILES string of the molecule is O=C(O)c1ccccc1CCn1c2c(n[n+]1[O-])C(=O)c1ccccc1C2=O. The lowest BCUT2D eigenvalue weighted by molar-refractivity contribution is -0.749. The van der Waals surface area contributed by atoms with Gasteiger partial charge in [-0.3, -0.25) is 9.59 Å². The van der Waals surface area contributed by atoms with E-state index in [0.717, 1.165) is 4.68 Å². The van der Waals surface area contributed by atoms with Gasteiger partial charge in [-0.15, -0.1) is 4.68 Å². The van der Waals surface area contributed by atoms with E-state index in [9.17, 15) is 24.7 Å². The minimum Gasteiger partial charge on any atom is -0.571 e. The van der Waals surface area contributed by atoms with E-state index in [-0.39, 0.29) is 46.0 Å². The van der Waals surface area contributed by atoms with Crippen LogP contribution in [0.2, 0.25) is 0 Å². The molecule has 8 heteroatoms. The third-order valence-corrected chi connectivity index (χ3v) is 4.56. The number of aryl methyl sites for hydroxylation is 1. The minimum atomic E-state index is -1.08. The molecule has 0 saturated carbocycles. The number of benzene rings is 2. The van der Waals surface area contributed by atoms with Gasteiger partial charge in [0.15, 0.2) is 5.69 Å². The third-order valence-electron chi connectivity index (χ3n) is 4.56. The van der Waals surface area contributed by atoms with Gasteiger partial charge in [-0.25, -0.2) is 4.79 Å².